The molecule has 0 fully saturated rings. The average Bonchev–Trinajstić information content (AvgIpc) is 3.11. The first-order chi connectivity index (χ1) is 26.3. The van der Waals surface area contributed by atoms with Crippen LogP contribution in [-0.2, 0) is 29.8 Å². The van der Waals surface area contributed by atoms with Gasteiger partial charge in [-0.3, -0.25) is 28.3 Å². The van der Waals surface area contributed by atoms with Crippen molar-refractivity contribution in [3.05, 3.63) is 119 Å². The molecule has 0 aliphatic carbocycles. The van der Waals surface area contributed by atoms with Gasteiger partial charge >= 0.3 is 11.8 Å². The van der Waals surface area contributed by atoms with Crippen LogP contribution in [0.1, 0.15) is 31.8 Å². The van der Waals surface area contributed by atoms with Crippen LogP contribution in [0.15, 0.2) is 107 Å². The van der Waals surface area contributed by atoms with Gasteiger partial charge in [0.05, 0.1) is 0 Å². The molecule has 0 spiro atoms. The fraction of sp³-hybridized carbons (Fsp3) is 0.0526. The number of benzene rings is 6. The molecule has 0 aliphatic rings. The number of aryl methyl sites for hydroxylation is 2. The van der Waals surface area contributed by atoms with Gasteiger partial charge in [-0.25, -0.2) is 0 Å². The van der Waals surface area contributed by atoms with Crippen LogP contribution in [0.25, 0.3) is 21.5 Å². The van der Waals surface area contributed by atoms with Crippen molar-refractivity contribution in [1.29, 1.82) is 0 Å². The van der Waals surface area contributed by atoms with E-state index in [-0.39, 0.29) is 56.1 Å². The lowest BCUT2D eigenvalue weighted by Gasteiger charge is -2.13. The molecule has 8 N–H and O–H groups in total. The Labute approximate surface area is 318 Å². The second-order valence-corrected chi connectivity index (χ2v) is 15.4. The molecule has 6 aromatic carbocycles. The Morgan fingerprint density at radius 3 is 1.20 bits per heavy atom. The van der Waals surface area contributed by atoms with Gasteiger partial charge in [0.15, 0.2) is 0 Å². The fourth-order valence-electron chi connectivity index (χ4n) is 5.85. The van der Waals surface area contributed by atoms with Gasteiger partial charge in [-0.1, -0.05) is 12.1 Å². The van der Waals surface area contributed by atoms with E-state index < -0.39 is 53.7 Å². The first kappa shape index (κ1) is 38.9. The second kappa shape index (κ2) is 14.8. The van der Waals surface area contributed by atoms with Crippen LogP contribution < -0.4 is 21.3 Å². The highest BCUT2D eigenvalue weighted by Gasteiger charge is 2.21. The summed E-state index contributed by atoms with van der Waals surface area (Å²) in [6.07, 6.45) is 0. The summed E-state index contributed by atoms with van der Waals surface area (Å²) in [4.78, 5) is 50.7. The van der Waals surface area contributed by atoms with E-state index in [1.54, 1.807) is 13.8 Å². The molecular formula is C38H30N4O12S2. The molecule has 0 aromatic heterocycles. The van der Waals surface area contributed by atoms with Gasteiger partial charge in [-0.05, 0) is 109 Å². The van der Waals surface area contributed by atoms with Gasteiger partial charge in [0.25, 0.3) is 32.1 Å². The van der Waals surface area contributed by atoms with Crippen molar-refractivity contribution in [2.45, 2.75) is 23.6 Å². The molecule has 0 radical (unpaired) electrons. The molecule has 56 heavy (non-hydrogen) atoms. The van der Waals surface area contributed by atoms with E-state index in [1.807, 2.05) is 0 Å². The molecule has 0 aliphatic heterocycles. The van der Waals surface area contributed by atoms with Crippen LogP contribution in [-0.4, -0.2) is 59.8 Å². The summed E-state index contributed by atoms with van der Waals surface area (Å²) in [5, 5.41) is 30.6. The highest BCUT2D eigenvalue weighted by Crippen LogP contribution is 2.32. The van der Waals surface area contributed by atoms with E-state index in [0.717, 1.165) is 12.1 Å². The number of phenols is 2. The van der Waals surface area contributed by atoms with Crippen LogP contribution >= 0.6 is 0 Å². The van der Waals surface area contributed by atoms with Crippen LogP contribution in [0.2, 0.25) is 0 Å². The minimum atomic E-state index is -4.70. The van der Waals surface area contributed by atoms with Crippen molar-refractivity contribution in [2.24, 2.45) is 0 Å². The predicted octanol–water partition coefficient (Wildman–Crippen LogP) is 5.60. The highest BCUT2D eigenvalue weighted by atomic mass is 32.2. The third-order valence-corrected chi connectivity index (χ3v) is 10.3. The lowest BCUT2D eigenvalue weighted by molar-refractivity contribution is -0.133. The summed E-state index contributed by atoms with van der Waals surface area (Å²) in [5.41, 5.74) is 2.00. The van der Waals surface area contributed by atoms with Crippen LogP contribution in [0, 0.1) is 13.8 Å². The number of carbonyl (C=O) groups excluding carboxylic acids is 4. The van der Waals surface area contributed by atoms with E-state index in [4.69, 9.17) is 0 Å². The monoisotopic (exact) mass is 798 g/mol. The number of rotatable bonds is 8. The first-order valence-corrected chi connectivity index (χ1v) is 19.1. The number of anilines is 4. The van der Waals surface area contributed by atoms with Crippen molar-refractivity contribution in [2.75, 3.05) is 21.3 Å². The summed E-state index contributed by atoms with van der Waals surface area (Å²) in [7, 11) is -9.39. The molecule has 18 heteroatoms. The van der Waals surface area contributed by atoms with Gasteiger partial charge in [0.1, 0.15) is 21.3 Å². The molecule has 16 nitrogen and oxygen atoms in total. The molecule has 6 aromatic rings. The molecule has 286 valence electrons. The van der Waals surface area contributed by atoms with E-state index in [2.05, 4.69) is 21.3 Å². The van der Waals surface area contributed by atoms with E-state index >= 15 is 0 Å². The maximum atomic E-state index is 13.0. The average molecular weight is 799 g/mol. The third-order valence-electron chi connectivity index (χ3n) is 8.55. The van der Waals surface area contributed by atoms with Gasteiger partial charge < -0.3 is 31.5 Å². The maximum absolute atomic E-state index is 13.0. The summed E-state index contributed by atoms with van der Waals surface area (Å²) in [6, 6.07) is 21.4. The Hall–Kier alpha value is -6.86. The molecule has 0 bridgehead atoms. The molecular weight excluding hydrogens is 769 g/mol. The SMILES string of the molecule is Cc1cc(C(=O)Nc2ccc3cc(O)cc(S(=O)(=O)O)c3c2)ccc1NC(=O)C(=O)Nc1ccc(C(=O)Nc2ccc3cc(O)cc(S(=O)(=O)O)c3c2)cc1C. The molecule has 6 rings (SSSR count). The van der Waals surface area contributed by atoms with Crippen molar-refractivity contribution < 1.29 is 55.3 Å². The summed E-state index contributed by atoms with van der Waals surface area (Å²) in [6.45, 7) is 3.19. The van der Waals surface area contributed by atoms with Gasteiger partial charge in [0.2, 0.25) is 0 Å². The van der Waals surface area contributed by atoms with Crippen molar-refractivity contribution >= 4 is 88.2 Å². The van der Waals surface area contributed by atoms with E-state index in [0.29, 0.717) is 21.9 Å². The zero-order valence-corrected chi connectivity index (χ0v) is 30.7. The molecule has 0 heterocycles. The first-order valence-electron chi connectivity index (χ1n) is 16.2. The molecule has 0 saturated heterocycles. The zero-order chi connectivity index (χ0) is 40.7. The van der Waals surface area contributed by atoms with E-state index in [1.165, 1.54) is 84.9 Å². The number of phenolic OH excluding ortho intramolecular Hbond substituents is 2. The van der Waals surface area contributed by atoms with Crippen LogP contribution in [0.3, 0.4) is 0 Å². The summed E-state index contributed by atoms with van der Waals surface area (Å²) in [5.74, 6) is -3.99. The Morgan fingerprint density at radius 2 is 0.857 bits per heavy atom. The molecule has 0 unspecified atom stereocenters. The smallest absolute Gasteiger partial charge is 0.314 e. The van der Waals surface area contributed by atoms with Gasteiger partial charge in [-0.2, -0.15) is 16.8 Å². The Bertz CT molecular complexity index is 2700. The topological polar surface area (TPSA) is 266 Å². The standard InChI is InChI=1S/C38H30N4O12S2/c1-19-11-23(35(45)39-25-7-3-21-13-27(43)17-33(29(21)15-25)55(49,50)51)5-9-31(19)41-37(47)38(48)42-32-10-6-24(12-20(32)2)36(46)40-26-8-4-22-14-28(44)18-34(30(22)16-26)56(52,53)54/h3-18,43-44H,1-2H3,(H,39,45)(H,40,46)(H,41,47)(H,42,48)(H,49,50,51)(H,52,53,54). The van der Waals surface area contributed by atoms with Crippen molar-refractivity contribution in [3.63, 3.8) is 0 Å². The quantitative estimate of drug-likeness (QED) is 0.0691. The highest BCUT2D eigenvalue weighted by molar-refractivity contribution is 7.86. The lowest BCUT2D eigenvalue weighted by atomic mass is 10.1. The lowest BCUT2D eigenvalue weighted by Crippen LogP contribution is -2.29. The summed E-state index contributed by atoms with van der Waals surface area (Å²) >= 11 is 0. The zero-order valence-electron chi connectivity index (χ0n) is 29.1. The number of hydrogen-bond acceptors (Lipinski definition) is 10. The number of nitrogens with one attached hydrogen (secondary N) is 4. The number of carbonyl (C=O) groups is 4. The van der Waals surface area contributed by atoms with Gasteiger partial charge in [-0.15, -0.1) is 0 Å². The normalized spacial score (nSPS) is 11.6. The molecule has 0 saturated carbocycles. The summed E-state index contributed by atoms with van der Waals surface area (Å²) < 4.78 is 66.7. The Kier molecular flexibility index (Phi) is 10.2. The van der Waals surface area contributed by atoms with Crippen molar-refractivity contribution in [1.82, 2.24) is 0 Å². The maximum Gasteiger partial charge on any atom is 0.314 e. The minimum absolute atomic E-state index is 0.0639. The number of aromatic hydroxyl groups is 2. The van der Waals surface area contributed by atoms with Gasteiger partial charge in [0, 0.05) is 56.8 Å². The fourth-order valence-corrected chi connectivity index (χ4v) is 7.30. The predicted molar refractivity (Wildman–Crippen MR) is 206 cm³/mol. The second-order valence-electron chi connectivity index (χ2n) is 12.6. The Morgan fingerprint density at radius 1 is 0.482 bits per heavy atom. The minimum Gasteiger partial charge on any atom is -0.508 e. The number of fused-ring (bicyclic) bond motifs is 2. The molecule has 0 atom stereocenters. The largest absolute Gasteiger partial charge is 0.508 e. The van der Waals surface area contributed by atoms with Crippen LogP contribution in [0.4, 0.5) is 22.7 Å². The third kappa shape index (κ3) is 8.43. The molecule has 4 amide bonds. The Balaban J connectivity index is 1.09. The number of amides is 4. The van der Waals surface area contributed by atoms with E-state index in [9.17, 15) is 55.3 Å². The number of hydrogen-bond donors (Lipinski definition) is 8. The van der Waals surface area contributed by atoms with Crippen LogP contribution in [0.5, 0.6) is 11.5 Å². The van der Waals surface area contributed by atoms with Crippen molar-refractivity contribution in [3.8, 4) is 11.5 Å².